The van der Waals surface area contributed by atoms with Gasteiger partial charge in [-0.15, -0.1) is 24.0 Å². The van der Waals surface area contributed by atoms with Gasteiger partial charge in [0.05, 0.1) is 0 Å². The number of hydrogen-bond donors (Lipinski definition) is 1. The zero-order valence-electron chi connectivity index (χ0n) is 13.3. The Labute approximate surface area is 149 Å². The quantitative estimate of drug-likeness (QED) is 0.453. The molecule has 0 spiro atoms. The standard InChI is InChI=1S/C17H24FN3.HI/c1-12-7-9-21(10-8-12)17(19-2)20-16-11-14(16)13-5-3-4-6-15(13)18;/h3-6,12,14,16H,7-11H2,1-2H3,(H,19,20);1H. The summed E-state index contributed by atoms with van der Waals surface area (Å²) in [5.74, 6) is 1.98. The molecular formula is C17H25FIN3. The van der Waals surface area contributed by atoms with Crippen molar-refractivity contribution in [2.45, 2.75) is 38.1 Å². The molecule has 0 amide bonds. The summed E-state index contributed by atoms with van der Waals surface area (Å²) in [4.78, 5) is 6.74. The maximum Gasteiger partial charge on any atom is 0.193 e. The van der Waals surface area contributed by atoms with Gasteiger partial charge < -0.3 is 10.2 Å². The van der Waals surface area contributed by atoms with Crippen LogP contribution in [0.1, 0.15) is 37.7 Å². The third-order valence-electron chi connectivity index (χ3n) is 4.70. The van der Waals surface area contributed by atoms with Crippen molar-refractivity contribution in [3.05, 3.63) is 35.6 Å². The number of benzene rings is 1. The molecule has 2 atom stereocenters. The van der Waals surface area contributed by atoms with Gasteiger partial charge in [0.2, 0.25) is 0 Å². The van der Waals surface area contributed by atoms with Crippen molar-refractivity contribution in [3.8, 4) is 0 Å². The highest BCUT2D eigenvalue weighted by atomic mass is 127. The minimum atomic E-state index is -0.0893. The first-order chi connectivity index (χ1) is 10.2. The van der Waals surface area contributed by atoms with E-state index in [1.807, 2.05) is 19.2 Å². The summed E-state index contributed by atoms with van der Waals surface area (Å²) in [7, 11) is 1.83. The molecule has 1 N–H and O–H groups in total. The van der Waals surface area contributed by atoms with Crippen molar-refractivity contribution in [1.82, 2.24) is 10.2 Å². The smallest absolute Gasteiger partial charge is 0.193 e. The summed E-state index contributed by atoms with van der Waals surface area (Å²) in [6.07, 6.45) is 3.44. The van der Waals surface area contributed by atoms with Crippen molar-refractivity contribution in [3.63, 3.8) is 0 Å². The molecule has 122 valence electrons. The van der Waals surface area contributed by atoms with Crippen molar-refractivity contribution < 1.29 is 4.39 Å². The molecule has 2 aliphatic rings. The van der Waals surface area contributed by atoms with E-state index >= 15 is 0 Å². The Morgan fingerprint density at radius 3 is 2.59 bits per heavy atom. The Bertz CT molecular complexity index is 526. The van der Waals surface area contributed by atoms with Gasteiger partial charge in [0.1, 0.15) is 5.82 Å². The van der Waals surface area contributed by atoms with Gasteiger partial charge in [-0.1, -0.05) is 25.1 Å². The lowest BCUT2D eigenvalue weighted by Gasteiger charge is -2.33. The molecule has 3 nitrogen and oxygen atoms in total. The van der Waals surface area contributed by atoms with Gasteiger partial charge in [-0.3, -0.25) is 4.99 Å². The van der Waals surface area contributed by atoms with E-state index in [0.29, 0.717) is 6.04 Å². The van der Waals surface area contributed by atoms with Crippen LogP contribution in [0, 0.1) is 11.7 Å². The zero-order valence-corrected chi connectivity index (χ0v) is 15.6. The van der Waals surface area contributed by atoms with Crippen LogP contribution in [0.5, 0.6) is 0 Å². The molecule has 1 saturated heterocycles. The number of nitrogens with one attached hydrogen (secondary N) is 1. The summed E-state index contributed by atoms with van der Waals surface area (Å²) >= 11 is 0. The minimum absolute atomic E-state index is 0. The van der Waals surface area contributed by atoms with Crippen LogP contribution in [-0.4, -0.2) is 37.0 Å². The maximum atomic E-state index is 13.8. The van der Waals surface area contributed by atoms with Crippen LogP contribution in [0.3, 0.4) is 0 Å². The summed E-state index contributed by atoms with van der Waals surface area (Å²) in [6, 6.07) is 7.42. The fourth-order valence-corrected chi connectivity index (χ4v) is 3.16. The molecular weight excluding hydrogens is 392 g/mol. The number of aliphatic imine (C=N–C) groups is 1. The average molecular weight is 417 g/mol. The predicted octanol–water partition coefficient (Wildman–Crippen LogP) is 3.61. The molecule has 1 aliphatic heterocycles. The number of guanidine groups is 1. The van der Waals surface area contributed by atoms with E-state index in [4.69, 9.17) is 0 Å². The van der Waals surface area contributed by atoms with Gasteiger partial charge in [0, 0.05) is 32.1 Å². The van der Waals surface area contributed by atoms with Gasteiger partial charge in [0.25, 0.3) is 0 Å². The van der Waals surface area contributed by atoms with Crippen LogP contribution >= 0.6 is 24.0 Å². The Balaban J connectivity index is 0.00000176. The second-order valence-electron chi connectivity index (χ2n) is 6.33. The zero-order chi connectivity index (χ0) is 14.8. The molecule has 0 aromatic heterocycles. The van der Waals surface area contributed by atoms with Crippen LogP contribution in [-0.2, 0) is 0 Å². The van der Waals surface area contributed by atoms with Gasteiger partial charge in [-0.25, -0.2) is 4.39 Å². The summed E-state index contributed by atoms with van der Waals surface area (Å²) < 4.78 is 13.8. The van der Waals surface area contributed by atoms with E-state index in [2.05, 4.69) is 22.1 Å². The number of hydrogen-bond acceptors (Lipinski definition) is 1. The number of likely N-dealkylation sites (tertiary alicyclic amines) is 1. The Hall–Kier alpha value is -0.850. The molecule has 1 saturated carbocycles. The van der Waals surface area contributed by atoms with E-state index < -0.39 is 0 Å². The molecule has 3 rings (SSSR count). The average Bonchev–Trinajstić information content (AvgIpc) is 3.25. The van der Waals surface area contributed by atoms with Gasteiger partial charge >= 0.3 is 0 Å². The first-order valence-corrected chi connectivity index (χ1v) is 7.91. The van der Waals surface area contributed by atoms with Crippen molar-refractivity contribution in [2.75, 3.05) is 20.1 Å². The van der Waals surface area contributed by atoms with Crippen LogP contribution in [0.15, 0.2) is 29.3 Å². The lowest BCUT2D eigenvalue weighted by molar-refractivity contribution is 0.273. The summed E-state index contributed by atoms with van der Waals surface area (Å²) in [6.45, 7) is 4.44. The highest BCUT2D eigenvalue weighted by Crippen LogP contribution is 2.41. The monoisotopic (exact) mass is 417 g/mol. The molecule has 22 heavy (non-hydrogen) atoms. The molecule has 0 bridgehead atoms. The molecule has 1 heterocycles. The molecule has 1 aliphatic carbocycles. The van der Waals surface area contributed by atoms with Gasteiger partial charge in [-0.05, 0) is 36.8 Å². The lowest BCUT2D eigenvalue weighted by atomic mass is 9.99. The SMILES string of the molecule is CN=C(NC1CC1c1ccccc1F)N1CCC(C)CC1.I. The Morgan fingerprint density at radius 1 is 1.27 bits per heavy atom. The molecule has 2 fully saturated rings. The van der Waals surface area contributed by atoms with Crippen LogP contribution in [0.4, 0.5) is 4.39 Å². The fourth-order valence-electron chi connectivity index (χ4n) is 3.16. The van der Waals surface area contributed by atoms with Crippen molar-refractivity contribution in [1.29, 1.82) is 0 Å². The Kier molecular flexibility index (Phi) is 6.06. The molecule has 1 aromatic rings. The van der Waals surface area contributed by atoms with Crippen LogP contribution < -0.4 is 5.32 Å². The lowest BCUT2D eigenvalue weighted by Crippen LogP contribution is -2.46. The molecule has 0 radical (unpaired) electrons. The number of halogens is 2. The van der Waals surface area contributed by atoms with E-state index in [1.165, 1.54) is 12.8 Å². The molecule has 5 heteroatoms. The highest BCUT2D eigenvalue weighted by molar-refractivity contribution is 14.0. The molecule has 1 aromatic carbocycles. The second kappa shape index (κ2) is 7.62. The van der Waals surface area contributed by atoms with Gasteiger partial charge in [-0.2, -0.15) is 0 Å². The third kappa shape index (κ3) is 3.91. The predicted molar refractivity (Wildman–Crippen MR) is 99.4 cm³/mol. The molecule has 2 unspecified atom stereocenters. The number of piperidine rings is 1. The highest BCUT2D eigenvalue weighted by Gasteiger charge is 2.41. The number of rotatable bonds is 2. The number of nitrogens with zero attached hydrogens (tertiary/aromatic N) is 2. The first kappa shape index (κ1) is 17.5. The topological polar surface area (TPSA) is 27.6 Å². The minimum Gasteiger partial charge on any atom is -0.353 e. The van der Waals surface area contributed by atoms with Crippen molar-refractivity contribution >= 4 is 29.9 Å². The summed E-state index contributed by atoms with van der Waals surface area (Å²) in [5.41, 5.74) is 0.831. The maximum absolute atomic E-state index is 13.8. The normalized spacial score (nSPS) is 25.6. The van der Waals surface area contributed by atoms with E-state index in [9.17, 15) is 4.39 Å². The third-order valence-corrected chi connectivity index (χ3v) is 4.70. The van der Waals surface area contributed by atoms with E-state index in [1.54, 1.807) is 12.1 Å². The Morgan fingerprint density at radius 2 is 1.95 bits per heavy atom. The van der Waals surface area contributed by atoms with Crippen molar-refractivity contribution in [2.24, 2.45) is 10.9 Å². The van der Waals surface area contributed by atoms with E-state index in [-0.39, 0.29) is 35.7 Å². The van der Waals surface area contributed by atoms with Gasteiger partial charge in [0.15, 0.2) is 5.96 Å². The summed E-state index contributed by atoms with van der Waals surface area (Å²) in [5, 5.41) is 3.51. The van der Waals surface area contributed by atoms with Crippen LogP contribution in [0.25, 0.3) is 0 Å². The largest absolute Gasteiger partial charge is 0.353 e. The first-order valence-electron chi connectivity index (χ1n) is 7.91. The van der Waals surface area contributed by atoms with E-state index in [0.717, 1.165) is 37.0 Å². The fraction of sp³-hybridized carbons (Fsp3) is 0.588. The second-order valence-corrected chi connectivity index (χ2v) is 6.33. The van der Waals surface area contributed by atoms with Crippen LogP contribution in [0.2, 0.25) is 0 Å².